The molecule has 268 valence electrons. The number of fused-ring (bicyclic) bond motifs is 5. The van der Waals surface area contributed by atoms with E-state index in [0.717, 1.165) is 27.6 Å². The second-order valence-electron chi connectivity index (χ2n) is 16.0. The zero-order valence-corrected chi connectivity index (χ0v) is 37.0. The molecule has 0 atom stereocenters. The minimum Gasteiger partial charge on any atom is -1.00 e. The van der Waals surface area contributed by atoms with Gasteiger partial charge in [0.15, 0.2) is 0 Å². The number of rotatable bonds is 2. The first kappa shape index (κ1) is 42.4. The molecule has 0 heterocycles. The minimum atomic E-state index is 0. The second-order valence-corrected chi connectivity index (χ2v) is 18.1. The topological polar surface area (TPSA) is 0 Å². The van der Waals surface area contributed by atoms with Gasteiger partial charge in [0.2, 0.25) is 0 Å². The van der Waals surface area contributed by atoms with Crippen LogP contribution in [0.15, 0.2) is 103 Å². The van der Waals surface area contributed by atoms with E-state index in [9.17, 15) is 0 Å². The van der Waals surface area contributed by atoms with Crippen LogP contribution in [-0.2, 0) is 46.9 Å². The normalized spacial score (nSPS) is 15.1. The molecule has 0 fully saturated rings. The molecule has 0 aromatic heterocycles. The Bertz CT molecular complexity index is 2040. The summed E-state index contributed by atoms with van der Waals surface area (Å²) in [6, 6.07) is 34.1. The van der Waals surface area contributed by atoms with Gasteiger partial charge in [-0.25, -0.2) is 11.6 Å². The van der Waals surface area contributed by atoms with Crippen LogP contribution in [-0.4, -0.2) is 3.21 Å². The van der Waals surface area contributed by atoms with E-state index >= 15 is 0 Å². The van der Waals surface area contributed by atoms with Crippen LogP contribution in [0.5, 0.6) is 0 Å². The van der Waals surface area contributed by atoms with Crippen LogP contribution >= 0.6 is 23.2 Å². The molecule has 0 unspecified atom stereocenters. The molecular weight excluding hydrogens is 798 g/mol. The molecule has 5 aromatic rings. The van der Waals surface area contributed by atoms with Crippen molar-refractivity contribution in [2.75, 3.05) is 0 Å². The van der Waals surface area contributed by atoms with Crippen molar-refractivity contribution in [3.63, 3.8) is 0 Å². The maximum atomic E-state index is 5.98. The van der Waals surface area contributed by atoms with Gasteiger partial charge in [0.1, 0.15) is 0 Å². The van der Waals surface area contributed by atoms with Crippen LogP contribution in [0.4, 0.5) is 0 Å². The molecule has 0 saturated heterocycles. The van der Waals surface area contributed by atoms with Gasteiger partial charge in [-0.15, -0.1) is 11.6 Å². The maximum absolute atomic E-state index is 5.98. The van der Waals surface area contributed by atoms with E-state index in [1.807, 2.05) is 36.4 Å². The van der Waals surface area contributed by atoms with Gasteiger partial charge in [0, 0.05) is 5.41 Å². The van der Waals surface area contributed by atoms with Crippen molar-refractivity contribution in [1.29, 1.82) is 0 Å². The zero-order chi connectivity index (χ0) is 36.2. The third-order valence-electron chi connectivity index (χ3n) is 10.2. The summed E-state index contributed by atoms with van der Waals surface area (Å²) in [5, 5.41) is 1.53. The van der Waals surface area contributed by atoms with Gasteiger partial charge >= 0.3 is 120 Å². The first-order chi connectivity index (χ1) is 23.4. The Hall–Kier alpha value is -2.38. The number of allylic oxidation sites excluding steroid dienone is 4. The quantitative estimate of drug-likeness (QED) is 0.161. The van der Waals surface area contributed by atoms with Crippen LogP contribution < -0.4 is 24.8 Å². The molecule has 0 amide bonds. The van der Waals surface area contributed by atoms with Crippen molar-refractivity contribution in [1.82, 2.24) is 0 Å². The fourth-order valence-electron chi connectivity index (χ4n) is 7.60. The molecule has 3 aliphatic rings. The van der Waals surface area contributed by atoms with E-state index in [4.69, 9.17) is 23.2 Å². The molecule has 3 aliphatic carbocycles. The van der Waals surface area contributed by atoms with Crippen molar-refractivity contribution in [2.45, 2.75) is 85.0 Å². The Kier molecular flexibility index (Phi) is 13.2. The van der Waals surface area contributed by atoms with E-state index in [-0.39, 0.29) is 35.6 Å². The molecule has 5 heteroatoms. The molecule has 0 N–H and O–H groups in total. The van der Waals surface area contributed by atoms with E-state index < -0.39 is 0 Å². The van der Waals surface area contributed by atoms with Gasteiger partial charge in [-0.3, -0.25) is 6.08 Å². The second kappa shape index (κ2) is 16.2. The standard InChI is InChI=1S/C25H25.C13H8Cl2.C9H13.2ClH.Zr/c1-14-12-24(3,4)22-8-16-7-17-9-23-19(15(2)13-25(23,5)6)11-21(17)20(16)10-18(14)22;14-12-5-1-3-10(8-12)7-11-4-2-6-13(15)9-11;1-9(2,3)8-6-4-5-7-8;;;/h8-12H,7H2,1-6H3;1-6,8-9H;4-7H,1-3H3;2*1H;/q-1;;-1;;;+2/p-2. The first-order valence-electron chi connectivity index (χ1n) is 17.4. The van der Waals surface area contributed by atoms with Crippen LogP contribution in [0.3, 0.4) is 0 Å². The summed E-state index contributed by atoms with van der Waals surface area (Å²) in [7, 11) is 0. The maximum Gasteiger partial charge on any atom is -1.00 e. The Balaban J connectivity index is 0.000000193. The van der Waals surface area contributed by atoms with Gasteiger partial charge < -0.3 is 24.8 Å². The monoisotopic (exact) mass is 840 g/mol. The van der Waals surface area contributed by atoms with E-state index in [0.29, 0.717) is 5.41 Å². The molecule has 0 saturated carbocycles. The number of benzene rings is 4. The number of hydrogen-bond acceptors (Lipinski definition) is 0. The smallest absolute Gasteiger partial charge is 1.00 e. The Morgan fingerprint density at radius 1 is 0.731 bits per heavy atom. The third-order valence-corrected chi connectivity index (χ3v) is 12.1. The van der Waals surface area contributed by atoms with Crippen molar-refractivity contribution >= 4 is 37.6 Å². The molecule has 52 heavy (non-hydrogen) atoms. The van der Waals surface area contributed by atoms with Crippen LogP contribution in [0, 0.1) is 6.08 Å². The summed E-state index contributed by atoms with van der Waals surface area (Å²) < 4.78 is 1.26. The van der Waals surface area contributed by atoms with Crippen molar-refractivity contribution in [3.8, 4) is 11.1 Å². The summed E-state index contributed by atoms with van der Waals surface area (Å²) in [6.45, 7) is 20.4. The molecule has 8 rings (SSSR count). The Morgan fingerprint density at radius 3 is 1.75 bits per heavy atom. The van der Waals surface area contributed by atoms with Gasteiger partial charge in [-0.05, 0) is 58.4 Å². The van der Waals surface area contributed by atoms with E-state index in [1.54, 1.807) is 0 Å². The third kappa shape index (κ3) is 8.77. The molecular formula is C47H46Cl4Zr-2. The Morgan fingerprint density at radius 2 is 1.27 bits per heavy atom. The summed E-state index contributed by atoms with van der Waals surface area (Å²) >= 11 is 13.3. The molecule has 0 aliphatic heterocycles. The summed E-state index contributed by atoms with van der Waals surface area (Å²) in [4.78, 5) is 0. The SMILES string of the molecule is CC(C)(C)c1cc[cH-]c1.CC1=[C-]C(C)(C)c2cc3c(cc21)-c1cc2c(cc1C3)C(C)(C)C=C2C.Clc1cccc([C](=[Zr+2])c2cccc(Cl)c2)c1.[Cl-].[Cl-]. The molecule has 0 spiro atoms. The van der Waals surface area contributed by atoms with Crippen molar-refractivity contribution < 1.29 is 49.0 Å². The van der Waals surface area contributed by atoms with Crippen LogP contribution in [0.1, 0.15) is 112 Å². The minimum absolute atomic E-state index is 0. The van der Waals surface area contributed by atoms with Gasteiger partial charge in [0.25, 0.3) is 0 Å². The Labute approximate surface area is 349 Å². The van der Waals surface area contributed by atoms with Crippen molar-refractivity contribution in [3.05, 3.63) is 169 Å². The predicted octanol–water partition coefficient (Wildman–Crippen LogP) is 7.27. The predicted molar refractivity (Wildman–Crippen MR) is 214 cm³/mol. The zero-order valence-electron chi connectivity index (χ0n) is 31.5. The number of hydrogen-bond donors (Lipinski definition) is 0. The fourth-order valence-corrected chi connectivity index (χ4v) is 8.75. The first-order valence-corrected chi connectivity index (χ1v) is 19.4. The van der Waals surface area contributed by atoms with E-state index in [2.05, 4.69) is 135 Å². The van der Waals surface area contributed by atoms with Crippen LogP contribution in [0.25, 0.3) is 22.3 Å². The van der Waals surface area contributed by atoms with Gasteiger partial charge in [-0.2, -0.15) is 29.3 Å². The summed E-state index contributed by atoms with van der Waals surface area (Å²) in [6.07, 6.45) is 7.13. The van der Waals surface area contributed by atoms with E-state index in [1.165, 1.54) is 88.7 Å². The molecule has 0 radical (unpaired) electrons. The average molecular weight is 844 g/mol. The van der Waals surface area contributed by atoms with Crippen LogP contribution in [0.2, 0.25) is 10.0 Å². The van der Waals surface area contributed by atoms with Crippen molar-refractivity contribution in [2.24, 2.45) is 0 Å². The summed E-state index contributed by atoms with van der Waals surface area (Å²) in [5.74, 6) is 0. The van der Waals surface area contributed by atoms with Gasteiger partial charge in [-0.1, -0.05) is 84.4 Å². The molecule has 0 bridgehead atoms. The molecule has 5 aromatic carbocycles. The average Bonchev–Trinajstić information content (AvgIpc) is 3.80. The summed E-state index contributed by atoms with van der Waals surface area (Å²) in [5.41, 5.74) is 18.6. The molecule has 0 nitrogen and oxygen atoms in total. The number of halogens is 4. The largest absolute Gasteiger partial charge is 1.00 e. The fraction of sp³-hybridized carbons (Fsp3) is 0.277. The van der Waals surface area contributed by atoms with Gasteiger partial charge in [0.05, 0.1) is 0 Å².